The summed E-state index contributed by atoms with van der Waals surface area (Å²) in [5.41, 5.74) is 0. The molecule has 1 atom stereocenters. The van der Waals surface area contributed by atoms with Gasteiger partial charge in [0.15, 0.2) is 9.84 Å². The smallest absolute Gasteiger partial charge is 0.205 e. The number of rotatable bonds is 5. The van der Waals surface area contributed by atoms with Crippen molar-refractivity contribution in [2.75, 3.05) is 36.2 Å². The molecule has 0 spiro atoms. The molecule has 0 aromatic carbocycles. The molecule has 0 radical (unpaired) electrons. The first-order valence-corrected chi connectivity index (χ1v) is 9.79. The van der Waals surface area contributed by atoms with Crippen LogP contribution in [0.4, 0.5) is 5.13 Å². The van der Waals surface area contributed by atoms with Crippen LogP contribution in [0.5, 0.6) is 0 Å². The Morgan fingerprint density at radius 3 is 2.89 bits per heavy atom. The second-order valence-electron chi connectivity index (χ2n) is 4.20. The fourth-order valence-corrected chi connectivity index (χ4v) is 5.71. The highest BCUT2D eigenvalue weighted by Gasteiger charge is 2.33. The van der Waals surface area contributed by atoms with Crippen LogP contribution in [0.25, 0.3) is 0 Å². The lowest BCUT2D eigenvalue weighted by molar-refractivity contribution is 0.261. The normalized spacial score (nSPS) is 21.5. The van der Waals surface area contributed by atoms with E-state index in [0.717, 1.165) is 22.4 Å². The van der Waals surface area contributed by atoms with Gasteiger partial charge in [-0.15, -0.1) is 10.2 Å². The van der Waals surface area contributed by atoms with Crippen LogP contribution in [0, 0.1) is 0 Å². The molecule has 0 bridgehead atoms. The van der Waals surface area contributed by atoms with Gasteiger partial charge in [0.25, 0.3) is 0 Å². The van der Waals surface area contributed by atoms with E-state index in [1.807, 2.05) is 4.90 Å². The van der Waals surface area contributed by atoms with Crippen molar-refractivity contribution in [1.29, 1.82) is 0 Å². The second-order valence-corrected chi connectivity index (χ2v) is 8.86. The van der Waals surface area contributed by atoms with Crippen molar-refractivity contribution in [2.45, 2.75) is 18.8 Å². The number of sulfone groups is 1. The molecule has 1 aliphatic heterocycles. The standard InChI is InChI=1S/C10H18N4O2S3/c1-3-19(15,16)9-7-17-5-4-14(9)6-8-12-13-10(11-2)18-8/h9H,3-7H2,1-2H3,(H,11,13). The van der Waals surface area contributed by atoms with E-state index >= 15 is 0 Å². The van der Waals surface area contributed by atoms with Crippen molar-refractivity contribution >= 4 is 38.1 Å². The van der Waals surface area contributed by atoms with E-state index < -0.39 is 15.2 Å². The molecule has 6 nitrogen and oxygen atoms in total. The molecule has 9 heteroatoms. The van der Waals surface area contributed by atoms with Crippen LogP contribution in [-0.2, 0) is 16.4 Å². The molecule has 0 amide bonds. The van der Waals surface area contributed by atoms with Crippen LogP contribution in [0.3, 0.4) is 0 Å². The van der Waals surface area contributed by atoms with Crippen LogP contribution in [0.2, 0.25) is 0 Å². The quantitative estimate of drug-likeness (QED) is 0.863. The van der Waals surface area contributed by atoms with Crippen LogP contribution < -0.4 is 5.32 Å². The second kappa shape index (κ2) is 6.38. The highest BCUT2D eigenvalue weighted by atomic mass is 32.2. The van der Waals surface area contributed by atoms with E-state index in [1.54, 1.807) is 25.7 Å². The average molecular weight is 322 g/mol. The fraction of sp³-hybridized carbons (Fsp3) is 0.800. The van der Waals surface area contributed by atoms with Gasteiger partial charge in [-0.05, 0) is 0 Å². The monoisotopic (exact) mass is 322 g/mol. The van der Waals surface area contributed by atoms with Crippen LogP contribution >= 0.6 is 23.1 Å². The number of aromatic nitrogens is 2. The molecule has 1 aromatic heterocycles. The van der Waals surface area contributed by atoms with Gasteiger partial charge in [-0.3, -0.25) is 4.90 Å². The molecule has 0 aliphatic carbocycles. The summed E-state index contributed by atoms with van der Waals surface area (Å²) >= 11 is 3.17. The maximum absolute atomic E-state index is 12.1. The van der Waals surface area contributed by atoms with Crippen molar-refractivity contribution in [3.05, 3.63) is 5.01 Å². The zero-order chi connectivity index (χ0) is 13.9. The zero-order valence-electron chi connectivity index (χ0n) is 11.0. The van der Waals surface area contributed by atoms with Crippen LogP contribution in [0.1, 0.15) is 11.9 Å². The van der Waals surface area contributed by atoms with E-state index in [-0.39, 0.29) is 5.75 Å². The Balaban J connectivity index is 2.11. The molecule has 0 saturated carbocycles. The topological polar surface area (TPSA) is 75.2 Å². The maximum Gasteiger partial charge on any atom is 0.205 e. The van der Waals surface area contributed by atoms with Gasteiger partial charge < -0.3 is 5.32 Å². The average Bonchev–Trinajstić information content (AvgIpc) is 2.87. The van der Waals surface area contributed by atoms with E-state index in [4.69, 9.17) is 0 Å². The van der Waals surface area contributed by atoms with Gasteiger partial charge in [0.2, 0.25) is 5.13 Å². The summed E-state index contributed by atoms with van der Waals surface area (Å²) in [6, 6.07) is 0. The Morgan fingerprint density at radius 1 is 1.47 bits per heavy atom. The van der Waals surface area contributed by atoms with Crippen molar-refractivity contribution in [3.8, 4) is 0 Å². The van der Waals surface area contributed by atoms with Gasteiger partial charge in [-0.25, -0.2) is 8.42 Å². The third-order valence-electron chi connectivity index (χ3n) is 3.03. The largest absolute Gasteiger partial charge is 0.363 e. The molecule has 1 saturated heterocycles. The lowest BCUT2D eigenvalue weighted by Crippen LogP contribution is -2.47. The SMILES string of the molecule is CCS(=O)(=O)C1CSCCN1Cc1nnc(NC)s1. The first-order valence-electron chi connectivity index (χ1n) is 6.10. The summed E-state index contributed by atoms with van der Waals surface area (Å²) in [7, 11) is -1.25. The molecular formula is C10H18N4O2S3. The summed E-state index contributed by atoms with van der Waals surface area (Å²) in [6.07, 6.45) is 0. The van der Waals surface area contributed by atoms with E-state index in [9.17, 15) is 8.42 Å². The van der Waals surface area contributed by atoms with Gasteiger partial charge in [-0.1, -0.05) is 18.3 Å². The lowest BCUT2D eigenvalue weighted by Gasteiger charge is -2.33. The lowest BCUT2D eigenvalue weighted by atomic mass is 10.4. The number of nitrogens with one attached hydrogen (secondary N) is 1. The van der Waals surface area contributed by atoms with E-state index in [1.165, 1.54) is 11.3 Å². The van der Waals surface area contributed by atoms with Crippen molar-refractivity contribution in [1.82, 2.24) is 15.1 Å². The minimum Gasteiger partial charge on any atom is -0.363 e. The van der Waals surface area contributed by atoms with Crippen molar-refractivity contribution in [2.24, 2.45) is 0 Å². The van der Waals surface area contributed by atoms with Crippen LogP contribution in [-0.4, -0.2) is 59.7 Å². The van der Waals surface area contributed by atoms with E-state index in [2.05, 4.69) is 15.5 Å². The molecule has 1 aromatic rings. The van der Waals surface area contributed by atoms with Crippen molar-refractivity contribution in [3.63, 3.8) is 0 Å². The Bertz CT molecular complexity index is 517. The molecule has 1 aliphatic rings. The highest BCUT2D eigenvalue weighted by molar-refractivity contribution is 8.01. The molecule has 108 valence electrons. The van der Waals surface area contributed by atoms with Crippen molar-refractivity contribution < 1.29 is 8.42 Å². The number of hydrogen-bond acceptors (Lipinski definition) is 8. The Kier molecular flexibility index (Phi) is 5.04. The van der Waals surface area contributed by atoms with Gasteiger partial charge in [-0.2, -0.15) is 11.8 Å². The third-order valence-corrected chi connectivity index (χ3v) is 7.28. The Labute approximate surface area is 121 Å². The summed E-state index contributed by atoms with van der Waals surface area (Å²) < 4.78 is 24.2. The minimum absolute atomic E-state index is 0.187. The zero-order valence-corrected chi connectivity index (χ0v) is 13.4. The molecule has 2 heterocycles. The Morgan fingerprint density at radius 2 is 2.26 bits per heavy atom. The summed E-state index contributed by atoms with van der Waals surface area (Å²) in [5.74, 6) is 1.80. The van der Waals surface area contributed by atoms with Gasteiger partial charge in [0.05, 0.1) is 6.54 Å². The molecule has 2 rings (SSSR count). The molecule has 19 heavy (non-hydrogen) atoms. The maximum atomic E-state index is 12.1. The van der Waals surface area contributed by atoms with Gasteiger partial charge >= 0.3 is 0 Å². The van der Waals surface area contributed by atoms with Gasteiger partial charge in [0.1, 0.15) is 10.4 Å². The first kappa shape index (κ1) is 15.0. The molecule has 1 fully saturated rings. The number of thioether (sulfide) groups is 1. The van der Waals surface area contributed by atoms with Crippen LogP contribution in [0.15, 0.2) is 0 Å². The number of nitrogens with zero attached hydrogens (tertiary/aromatic N) is 3. The molecule has 1 unspecified atom stereocenters. The highest BCUT2D eigenvalue weighted by Crippen LogP contribution is 2.25. The summed E-state index contributed by atoms with van der Waals surface area (Å²) in [4.78, 5) is 2.01. The summed E-state index contributed by atoms with van der Waals surface area (Å²) in [5, 5.41) is 12.2. The third kappa shape index (κ3) is 3.59. The number of anilines is 1. The predicted molar refractivity (Wildman–Crippen MR) is 80.4 cm³/mol. The van der Waals surface area contributed by atoms with E-state index in [0.29, 0.717) is 12.3 Å². The minimum atomic E-state index is -3.04. The summed E-state index contributed by atoms with van der Waals surface area (Å²) in [6.45, 7) is 3.05. The van der Waals surface area contributed by atoms with Gasteiger partial charge in [0, 0.05) is 30.9 Å². The Hall–Kier alpha value is -0.380. The first-order chi connectivity index (χ1) is 9.06. The fourth-order valence-electron chi connectivity index (χ4n) is 1.91. The molecular weight excluding hydrogens is 304 g/mol. The predicted octanol–water partition coefficient (Wildman–Crippen LogP) is 0.889. The molecule has 1 N–H and O–H groups in total. The number of hydrogen-bond donors (Lipinski definition) is 1.